The van der Waals surface area contributed by atoms with Crippen LogP contribution in [0, 0.1) is 10.1 Å². The van der Waals surface area contributed by atoms with Crippen LogP contribution in [0.25, 0.3) is 0 Å². The number of hydrogen-bond acceptors (Lipinski definition) is 6. The van der Waals surface area contributed by atoms with Gasteiger partial charge in [-0.3, -0.25) is 24.4 Å². The van der Waals surface area contributed by atoms with Crippen molar-refractivity contribution in [1.29, 1.82) is 0 Å². The van der Waals surface area contributed by atoms with Crippen molar-refractivity contribution in [2.75, 3.05) is 5.32 Å². The summed E-state index contributed by atoms with van der Waals surface area (Å²) in [4.78, 5) is 35.8. The van der Waals surface area contributed by atoms with E-state index in [4.69, 9.17) is 5.73 Å². The van der Waals surface area contributed by atoms with Crippen LogP contribution in [0.5, 0.6) is 0 Å². The topological polar surface area (TPSA) is 133 Å². The fourth-order valence-corrected chi connectivity index (χ4v) is 4.31. The van der Waals surface area contributed by atoms with Crippen molar-refractivity contribution in [3.63, 3.8) is 0 Å². The first-order valence-corrected chi connectivity index (χ1v) is 8.64. The Kier molecular flexibility index (Phi) is 4.53. The molecule has 0 saturated carbocycles. The zero-order valence-corrected chi connectivity index (χ0v) is 14.4. The molecular weight excluding hydrogens is 346 g/mol. The van der Waals surface area contributed by atoms with Gasteiger partial charge >= 0.3 is 5.69 Å². The average molecular weight is 363 g/mol. The Morgan fingerprint density at radius 2 is 2.08 bits per heavy atom. The summed E-state index contributed by atoms with van der Waals surface area (Å²) >= 11 is 1.31. The number of aryl methyl sites for hydroxylation is 2. The Balaban J connectivity index is 1.97. The van der Waals surface area contributed by atoms with Crippen LogP contribution in [0.3, 0.4) is 0 Å². The van der Waals surface area contributed by atoms with Crippen molar-refractivity contribution in [2.24, 2.45) is 12.8 Å². The van der Waals surface area contributed by atoms with Gasteiger partial charge in [0.15, 0.2) is 0 Å². The Hall–Kier alpha value is -2.75. The Morgan fingerprint density at radius 1 is 1.36 bits per heavy atom. The highest BCUT2D eigenvalue weighted by Gasteiger charge is 2.28. The van der Waals surface area contributed by atoms with Gasteiger partial charge in [0.1, 0.15) is 11.2 Å². The van der Waals surface area contributed by atoms with Crippen LogP contribution >= 0.6 is 11.3 Å². The highest BCUT2D eigenvalue weighted by molar-refractivity contribution is 7.17. The molecule has 0 aromatic carbocycles. The molecule has 0 saturated heterocycles. The summed E-state index contributed by atoms with van der Waals surface area (Å²) in [6.07, 6.45) is 5.80. The first-order chi connectivity index (χ1) is 11.9. The predicted octanol–water partition coefficient (Wildman–Crippen LogP) is 2.01. The number of carbonyl (C=O) groups is 2. The molecule has 2 aromatic rings. The summed E-state index contributed by atoms with van der Waals surface area (Å²) in [5.74, 6) is -1.34. The second-order valence-corrected chi connectivity index (χ2v) is 6.99. The molecule has 3 rings (SSSR count). The van der Waals surface area contributed by atoms with E-state index in [0.717, 1.165) is 48.7 Å². The van der Waals surface area contributed by atoms with Crippen LogP contribution < -0.4 is 11.1 Å². The molecule has 1 aliphatic carbocycles. The van der Waals surface area contributed by atoms with E-state index in [1.165, 1.54) is 23.1 Å². The standard InChI is InChI=1S/C15H17N5O4S/c1-19-7-9(20(23)24)12(18-19)14(22)17-15-11(13(16)21)8-5-3-2-4-6-10(8)25-15/h7H,2-6H2,1H3,(H2,16,21)(H,17,22). The summed E-state index contributed by atoms with van der Waals surface area (Å²) in [5.41, 5.74) is 6.03. The maximum absolute atomic E-state index is 12.5. The third-order valence-electron chi connectivity index (χ3n) is 4.12. The van der Waals surface area contributed by atoms with E-state index >= 15 is 0 Å². The number of thiophene rings is 1. The Morgan fingerprint density at radius 3 is 2.76 bits per heavy atom. The fraction of sp³-hybridized carbons (Fsp3) is 0.400. The van der Waals surface area contributed by atoms with Crippen LogP contribution in [0.1, 0.15) is 50.5 Å². The van der Waals surface area contributed by atoms with E-state index in [0.29, 0.717) is 10.6 Å². The Bertz CT molecular complexity index is 870. The lowest BCUT2D eigenvalue weighted by Crippen LogP contribution is -2.19. The molecule has 3 N–H and O–H groups in total. The quantitative estimate of drug-likeness (QED) is 0.487. The summed E-state index contributed by atoms with van der Waals surface area (Å²) in [5, 5.41) is 17.8. The number of fused-ring (bicyclic) bond motifs is 1. The van der Waals surface area contributed by atoms with E-state index in [2.05, 4.69) is 10.4 Å². The molecule has 9 nitrogen and oxygen atoms in total. The lowest BCUT2D eigenvalue weighted by molar-refractivity contribution is -0.385. The molecule has 1 aliphatic rings. The van der Waals surface area contributed by atoms with E-state index in [9.17, 15) is 19.7 Å². The van der Waals surface area contributed by atoms with E-state index in [1.807, 2.05) is 0 Å². The Labute approximate surface area is 147 Å². The molecule has 2 amide bonds. The minimum absolute atomic E-state index is 0.300. The smallest absolute Gasteiger partial charge is 0.320 e. The zero-order valence-electron chi connectivity index (χ0n) is 13.6. The number of nitrogens with zero attached hydrogens (tertiary/aromatic N) is 3. The molecule has 0 atom stereocenters. The molecule has 2 aromatic heterocycles. The van der Waals surface area contributed by atoms with Gasteiger partial charge < -0.3 is 11.1 Å². The first-order valence-electron chi connectivity index (χ1n) is 7.82. The molecule has 0 radical (unpaired) electrons. The minimum atomic E-state index is -0.730. The highest BCUT2D eigenvalue weighted by atomic mass is 32.1. The van der Waals surface area contributed by atoms with Crippen molar-refractivity contribution in [3.8, 4) is 0 Å². The first kappa shape index (κ1) is 17.1. The molecular formula is C15H17N5O4S. The van der Waals surface area contributed by atoms with Gasteiger partial charge in [0, 0.05) is 11.9 Å². The summed E-state index contributed by atoms with van der Waals surface area (Å²) < 4.78 is 1.20. The van der Waals surface area contributed by atoms with Crippen molar-refractivity contribution < 1.29 is 14.5 Å². The summed E-state index contributed by atoms with van der Waals surface area (Å²) in [6.45, 7) is 0. The third kappa shape index (κ3) is 3.25. The zero-order chi connectivity index (χ0) is 18.1. The fourth-order valence-electron chi connectivity index (χ4n) is 3.02. The largest absolute Gasteiger partial charge is 0.365 e. The van der Waals surface area contributed by atoms with Gasteiger partial charge in [-0.25, -0.2) is 0 Å². The molecule has 0 unspecified atom stereocenters. The summed E-state index contributed by atoms with van der Waals surface area (Å²) in [7, 11) is 1.49. The highest BCUT2D eigenvalue weighted by Crippen LogP contribution is 2.37. The molecule has 132 valence electrons. The van der Waals surface area contributed by atoms with Gasteiger partial charge in [-0.2, -0.15) is 5.10 Å². The number of hydrogen-bond donors (Lipinski definition) is 2. The normalized spacial score (nSPS) is 13.8. The van der Waals surface area contributed by atoms with Crippen LogP contribution in [0.2, 0.25) is 0 Å². The number of anilines is 1. The molecule has 0 bridgehead atoms. The van der Waals surface area contributed by atoms with Crippen LogP contribution in [-0.2, 0) is 19.9 Å². The van der Waals surface area contributed by atoms with Crippen molar-refractivity contribution in [3.05, 3.63) is 38.0 Å². The van der Waals surface area contributed by atoms with Gasteiger partial charge in [-0.05, 0) is 31.2 Å². The number of nitrogens with one attached hydrogen (secondary N) is 1. The van der Waals surface area contributed by atoms with Crippen LogP contribution in [0.4, 0.5) is 10.7 Å². The lowest BCUT2D eigenvalue weighted by atomic mass is 10.1. The number of amides is 2. The van der Waals surface area contributed by atoms with E-state index in [-0.39, 0.29) is 5.69 Å². The monoisotopic (exact) mass is 363 g/mol. The van der Waals surface area contributed by atoms with E-state index < -0.39 is 22.4 Å². The minimum Gasteiger partial charge on any atom is -0.365 e. The van der Waals surface area contributed by atoms with Gasteiger partial charge in [0.25, 0.3) is 11.8 Å². The van der Waals surface area contributed by atoms with Crippen molar-refractivity contribution >= 4 is 33.8 Å². The molecule has 2 heterocycles. The van der Waals surface area contributed by atoms with Crippen molar-refractivity contribution in [2.45, 2.75) is 32.1 Å². The van der Waals surface area contributed by atoms with Gasteiger partial charge in [-0.1, -0.05) is 6.42 Å². The molecule has 25 heavy (non-hydrogen) atoms. The maximum atomic E-state index is 12.5. The number of nitrogens with two attached hydrogens (primary N) is 1. The number of aromatic nitrogens is 2. The van der Waals surface area contributed by atoms with Gasteiger partial charge in [0.05, 0.1) is 10.5 Å². The predicted molar refractivity (Wildman–Crippen MR) is 91.9 cm³/mol. The number of nitro groups is 1. The number of primary amides is 1. The van der Waals surface area contributed by atoms with Crippen LogP contribution in [-0.4, -0.2) is 26.5 Å². The van der Waals surface area contributed by atoms with E-state index in [1.54, 1.807) is 0 Å². The second-order valence-electron chi connectivity index (χ2n) is 5.88. The second kappa shape index (κ2) is 6.63. The van der Waals surface area contributed by atoms with Gasteiger partial charge in [-0.15, -0.1) is 11.3 Å². The molecule has 0 aliphatic heterocycles. The summed E-state index contributed by atoms with van der Waals surface area (Å²) in [6, 6.07) is 0. The number of carbonyl (C=O) groups excluding carboxylic acids is 2. The SMILES string of the molecule is Cn1cc([N+](=O)[O-])c(C(=O)Nc2sc3c(c2C(N)=O)CCCCC3)n1. The maximum Gasteiger partial charge on any atom is 0.320 e. The average Bonchev–Trinajstić information content (AvgIpc) is 3.00. The lowest BCUT2D eigenvalue weighted by Gasteiger charge is -2.05. The molecule has 0 fully saturated rings. The molecule has 10 heteroatoms. The molecule has 0 spiro atoms. The van der Waals surface area contributed by atoms with Gasteiger partial charge in [0.2, 0.25) is 5.69 Å². The third-order valence-corrected chi connectivity index (χ3v) is 5.32. The van der Waals surface area contributed by atoms with Crippen LogP contribution in [0.15, 0.2) is 6.20 Å². The number of rotatable bonds is 4. The van der Waals surface area contributed by atoms with Crippen molar-refractivity contribution in [1.82, 2.24) is 9.78 Å².